The second-order valence-corrected chi connectivity index (χ2v) is 36.7. The molecule has 7 fully saturated rings. The van der Waals surface area contributed by atoms with Gasteiger partial charge in [-0.2, -0.15) is 40.2 Å². The number of nitrogens with zero attached hydrogens (tertiary/aromatic N) is 10. The number of benzene rings is 4. The van der Waals surface area contributed by atoms with Gasteiger partial charge in [-0.05, 0) is 60.7 Å². The maximum Gasteiger partial charge on any atom is 0.451 e. The number of Topliss-reactive ketones (excluding diaryl/α,β-unsaturated/α-hetero) is 1. The zero-order valence-corrected chi connectivity index (χ0v) is 82.1. The lowest BCUT2D eigenvalue weighted by atomic mass is 10.1. The number of ether oxygens (including phenoxy) is 3. The number of ketones is 1. The highest BCUT2D eigenvalue weighted by Crippen LogP contribution is 2.42. The summed E-state index contributed by atoms with van der Waals surface area (Å²) in [7, 11) is 3.91. The number of nitrogens with one attached hydrogen (secondary N) is 6. The van der Waals surface area contributed by atoms with Gasteiger partial charge in [-0.1, -0.05) is 199 Å². The van der Waals surface area contributed by atoms with Crippen molar-refractivity contribution in [1.82, 2.24) is 35.6 Å². The predicted octanol–water partition coefficient (Wildman–Crippen LogP) is 7.01. The first-order chi connectivity index (χ1) is 63.4. The Balaban J connectivity index is 0.000000560. The zero-order valence-electron chi connectivity index (χ0n) is 68.2. The Bertz CT molecular complexity index is 5550. The van der Waals surface area contributed by atoms with Crippen molar-refractivity contribution in [3.05, 3.63) is 158 Å². The van der Waals surface area contributed by atoms with Crippen LogP contribution in [0, 0.1) is 0 Å². The van der Waals surface area contributed by atoms with Gasteiger partial charge in [0.15, 0.2) is 22.7 Å². The number of hydrogen-bond acceptors (Lipinski definition) is 38. The Morgan fingerprint density at radius 2 is 0.874 bits per heavy atom. The molecular weight excluding hydrogens is 2120 g/mol. The lowest BCUT2D eigenvalue weighted by Gasteiger charge is -2.15. The van der Waals surface area contributed by atoms with Crippen LogP contribution in [0.2, 0.25) is 0 Å². The highest BCUT2D eigenvalue weighted by Gasteiger charge is 2.50. The molecule has 10 amide bonds. The summed E-state index contributed by atoms with van der Waals surface area (Å²) in [6.45, 7) is 3.09. The van der Waals surface area contributed by atoms with Crippen LogP contribution in [0.5, 0.6) is 0 Å². The first-order valence-electron chi connectivity index (χ1n) is 35.4. The number of thiol groups is 1. The van der Waals surface area contributed by atoms with Crippen LogP contribution < -0.4 is 43.4 Å². The third kappa shape index (κ3) is 41.2. The lowest BCUT2D eigenvalue weighted by Crippen LogP contribution is -2.38. The van der Waals surface area contributed by atoms with Crippen LogP contribution in [0.1, 0.15) is 67.1 Å². The standard InChI is InChI=1S/C26H20N4O8S4.C13H10N4O4S2.C7H7N3O3S2.C7H7NO2.C5H2F3NO2S2.C4H6O2.C3HN3OS2.C3H3NOS2.C3H6O2S.CH2ClNS/c31-17(27-15-7-3-1-5-13(15)23(35)36)9-11-29-21(33)19(41-25(29)39)20-22(34)30(26(40)42-20)12-10-18(32)28-16-8-4-2-6-14(16)24(37)38;14-16-10-11(19)17(13(22)23-10)6-5-9(18)15-8-4-2-1-3-7(8)12(20)21;1-13-4(11)2-3-10-6(12)5(9-8)15-7(10)14;8-6-4-2-1-3-5(6)7(9)10;6-5(7,8)2(10)1-3(11)9-4(12)13-1;1-3-4(5)6-2;4-6-2-1(7)5-3(8)9-2;5-2-1-7-3(6)4-2;1-5-3(4)2-6;2-1(3)4/h1-8H,9-12H2,(H,27,31)(H,28,32)(H,35,36)(H,37,38);1-4H,5-6H2,(H,15,18)(H,20,21);2-3H2,1H3;1-4H,8H2,(H,9,10);1H,(H,9,11,12);3H,1H2,2H3;(H,5,7,8);1H2,(H,4,5,6);6H,2H2,1H3;(H2,3,4)/b20-19-;;;;;;;;;. The van der Waals surface area contributed by atoms with Gasteiger partial charge in [0.1, 0.15) is 17.3 Å². The number of nitrogens with two attached hydrogens (primary N) is 2. The van der Waals surface area contributed by atoms with E-state index in [2.05, 4.69) is 129 Å². The fraction of sp³-hybridized carbons (Fsp3) is 0.208. The minimum Gasteiger partial charge on any atom is -0.478 e. The molecule has 43 nitrogen and oxygen atoms in total. The van der Waals surface area contributed by atoms with Crippen molar-refractivity contribution in [3.63, 3.8) is 0 Å². The molecule has 0 aromatic heterocycles. The summed E-state index contributed by atoms with van der Waals surface area (Å²) in [5.41, 5.74) is 35.8. The quantitative estimate of drug-likeness (QED) is 0.00321. The summed E-state index contributed by atoms with van der Waals surface area (Å²) in [5, 5.41) is 48.3. The van der Waals surface area contributed by atoms with E-state index in [1.165, 1.54) is 102 Å². The van der Waals surface area contributed by atoms with E-state index in [0.29, 0.717) is 31.8 Å². The monoisotopic (exact) mass is 2180 g/mol. The lowest BCUT2D eigenvalue weighted by molar-refractivity contribution is -0.171. The molecular formula is C72H64ClF3N18O25S16. The van der Waals surface area contributed by atoms with E-state index in [0.717, 1.165) is 69.8 Å². The van der Waals surface area contributed by atoms with Gasteiger partial charge < -0.3 is 94.6 Å². The molecule has 11 rings (SSSR count). The van der Waals surface area contributed by atoms with E-state index in [1.807, 2.05) is 5.32 Å². The summed E-state index contributed by atoms with van der Waals surface area (Å²) in [4.78, 5) is 216. The van der Waals surface area contributed by atoms with E-state index in [4.69, 9.17) is 93.0 Å². The van der Waals surface area contributed by atoms with Crippen molar-refractivity contribution in [2.24, 2.45) is 5.73 Å². The average Bonchev–Trinajstić information content (AvgIpc) is 1.63. The molecule has 7 saturated heterocycles. The van der Waals surface area contributed by atoms with Gasteiger partial charge >= 0.3 is 80.8 Å². The van der Waals surface area contributed by atoms with E-state index >= 15 is 0 Å². The van der Waals surface area contributed by atoms with E-state index < -0.39 is 106 Å². The molecule has 4 aromatic rings. The van der Waals surface area contributed by atoms with E-state index in [1.54, 1.807) is 42.5 Å². The number of hydrogen-bond donors (Lipinski definition) is 13. The van der Waals surface area contributed by atoms with Gasteiger partial charge in [0.2, 0.25) is 29.5 Å². The number of nitrogen functional groups attached to an aromatic ring is 1. The van der Waals surface area contributed by atoms with Gasteiger partial charge in [0.05, 0.1) is 88.4 Å². The summed E-state index contributed by atoms with van der Waals surface area (Å²) >= 11 is 52.8. The smallest absolute Gasteiger partial charge is 0.451 e. The molecule has 7 aliphatic rings. The second-order valence-electron chi connectivity index (χ2n) is 23.7. The van der Waals surface area contributed by atoms with Crippen LogP contribution in [-0.2, 0) is 81.3 Å². The number of para-hydroxylation sites is 4. The Kier molecular flexibility index (Phi) is 53.7. The number of rotatable bonds is 22. The molecule has 716 valence electrons. The average molecular weight is 2190 g/mol. The molecule has 135 heavy (non-hydrogen) atoms. The second kappa shape index (κ2) is 60.7. The van der Waals surface area contributed by atoms with E-state index in [9.17, 15) is 110 Å². The largest absolute Gasteiger partial charge is 0.478 e. The van der Waals surface area contributed by atoms with Crippen LogP contribution in [0.3, 0.4) is 0 Å². The fourth-order valence-electron chi connectivity index (χ4n) is 8.85. The van der Waals surface area contributed by atoms with Crippen LogP contribution >= 0.6 is 204 Å². The number of carbonyl (C=O) groups is 18. The molecule has 7 heterocycles. The molecule has 1 atom stereocenters. The third-order valence-electron chi connectivity index (χ3n) is 14.9. The highest BCUT2D eigenvalue weighted by atomic mass is 35.5. The maximum absolute atomic E-state index is 13.1. The fourth-order valence-corrected chi connectivity index (χ4v) is 16.8. The van der Waals surface area contributed by atoms with Crippen LogP contribution in [0.15, 0.2) is 120 Å². The highest BCUT2D eigenvalue weighted by molar-refractivity contribution is 8.36. The number of alkyl halides is 3. The van der Waals surface area contributed by atoms with Crippen LogP contribution in [0.25, 0.3) is 16.6 Å². The normalized spacial score (nSPS) is 15.2. The first kappa shape index (κ1) is 119. The number of anilines is 4. The van der Waals surface area contributed by atoms with Crippen molar-refractivity contribution in [3.8, 4) is 0 Å². The Hall–Kier alpha value is -11.6. The van der Waals surface area contributed by atoms with Crippen LogP contribution in [0.4, 0.5) is 35.9 Å². The number of amides is 10. The predicted molar refractivity (Wildman–Crippen MR) is 530 cm³/mol. The molecule has 7 aliphatic heterocycles. The molecule has 14 N–H and O–H groups in total. The summed E-state index contributed by atoms with van der Waals surface area (Å²) < 4.78 is 49.7. The molecule has 63 heteroatoms. The van der Waals surface area contributed by atoms with Crippen molar-refractivity contribution in [2.75, 3.05) is 80.7 Å². The zero-order chi connectivity index (χ0) is 102. The van der Waals surface area contributed by atoms with E-state index in [-0.39, 0.29) is 160 Å². The topological polar surface area (TPSA) is 662 Å². The number of esters is 3. The third-order valence-corrected chi connectivity index (χ3v) is 24.5. The van der Waals surface area contributed by atoms with Gasteiger partial charge in [0, 0.05) is 92.5 Å². The Morgan fingerprint density at radius 1 is 0.526 bits per heavy atom. The number of carbonyl (C=O) groups excluding carboxylic acids is 14. The maximum atomic E-state index is 13.1. The van der Waals surface area contributed by atoms with Crippen molar-refractivity contribution in [2.45, 2.75) is 37.1 Å². The van der Waals surface area contributed by atoms with Gasteiger partial charge in [-0.15, -0.1) is 0 Å². The molecule has 0 aliphatic carbocycles. The number of carboxylic acids is 4. The summed E-state index contributed by atoms with van der Waals surface area (Å²) in [6.07, 6.45) is -4.28. The summed E-state index contributed by atoms with van der Waals surface area (Å²) in [6, 6.07) is 24.1. The number of thiocarbonyl (C=S) groups is 8. The van der Waals surface area contributed by atoms with Gasteiger partial charge in [-0.3, -0.25) is 81.9 Å². The van der Waals surface area contributed by atoms with Gasteiger partial charge in [-0.25, -0.2) is 24.0 Å². The molecule has 0 radical (unpaired) electrons. The number of methoxy groups -OCH3 is 3. The van der Waals surface area contributed by atoms with Gasteiger partial charge in [0.25, 0.3) is 17.6 Å². The first-order valence-corrected chi connectivity index (χ1v) is 45.7. The molecule has 1 unspecified atom stereocenters. The molecule has 0 spiro atoms. The Morgan fingerprint density at radius 3 is 1.11 bits per heavy atom. The SMILES string of the molecule is C=CC(=O)OC.COC(=O)CCN1C(=O)C(=[N+]=[N-])SC1=S.COC(=O)CS.NC(=S)Cl.Nc1ccccc1C(=O)O.O=C(CCN1C(=O)/C(=C2/SC(=S)N(CCC(=O)Nc3ccccc3C(=O)O)C2=O)SC1=S)Nc1ccccc1C(=O)O.O=C1CSC(=S)N1.O=C1NC(=S)SC1C(=O)C(F)(F)F.[N-]=[N+]=C1SC(=S)N(CCC(=O)Nc2ccccc2C(=O)O)C1=O.[N-]=[N+]=C1SC(=S)NC1=O. The number of thioether (sulfide) groups is 7. The van der Waals surface area contributed by atoms with Crippen molar-refractivity contribution in [1.29, 1.82) is 0 Å². The minimum absolute atomic E-state index is 0.000000000000000222. The summed E-state index contributed by atoms with van der Waals surface area (Å²) in [5.74, 6) is -12.2. The van der Waals surface area contributed by atoms with Crippen molar-refractivity contribution >= 4 is 384 Å². The minimum atomic E-state index is -4.99. The van der Waals surface area contributed by atoms with Crippen molar-refractivity contribution < 1.29 is 148 Å². The number of halogens is 4. The number of carboxylic acid groups (broad SMARTS) is 4. The van der Waals surface area contributed by atoms with Crippen LogP contribution in [-0.4, -0.2) is 281 Å². The molecule has 0 saturated carbocycles. The molecule has 4 aromatic carbocycles. The Labute approximate surface area is 842 Å². The number of aromatic carboxylic acids is 4. The molecule has 0 bridgehead atoms.